The number of amides is 2. The summed E-state index contributed by atoms with van der Waals surface area (Å²) in [4.78, 5) is 26.4. The highest BCUT2D eigenvalue weighted by molar-refractivity contribution is 9.10. The van der Waals surface area contributed by atoms with Crippen LogP contribution in [0.2, 0.25) is 0 Å². The smallest absolute Gasteiger partial charge is 0.237 e. The van der Waals surface area contributed by atoms with Crippen LogP contribution in [0.5, 0.6) is 0 Å². The van der Waals surface area contributed by atoms with E-state index in [4.69, 9.17) is 5.73 Å². The van der Waals surface area contributed by atoms with Gasteiger partial charge in [-0.15, -0.1) is 0 Å². The molecule has 4 bridgehead atoms. The second-order valence-corrected chi connectivity index (χ2v) is 10.7. The van der Waals surface area contributed by atoms with E-state index in [0.717, 1.165) is 23.8 Å². The molecule has 0 heterocycles. The van der Waals surface area contributed by atoms with Gasteiger partial charge in [0, 0.05) is 17.3 Å². The molecule has 26 heavy (non-hydrogen) atoms. The van der Waals surface area contributed by atoms with Gasteiger partial charge in [-0.2, -0.15) is 0 Å². The van der Waals surface area contributed by atoms with E-state index >= 15 is 0 Å². The molecule has 4 saturated carbocycles. The van der Waals surface area contributed by atoms with Gasteiger partial charge in [0.15, 0.2) is 0 Å². The fourth-order valence-corrected chi connectivity index (χ4v) is 7.71. The topological polar surface area (TPSA) is 63.4 Å². The summed E-state index contributed by atoms with van der Waals surface area (Å²) in [7, 11) is 0. The van der Waals surface area contributed by atoms with E-state index < -0.39 is 5.91 Å². The van der Waals surface area contributed by atoms with E-state index in [-0.39, 0.29) is 22.2 Å². The Bertz CT molecular complexity index is 691. The first kappa shape index (κ1) is 18.0. The highest BCUT2D eigenvalue weighted by Crippen LogP contribution is 2.65. The highest BCUT2D eigenvalue weighted by atomic mass is 79.9. The Morgan fingerprint density at radius 2 is 1.77 bits per heavy atom. The molecule has 4 fully saturated rings. The third-order valence-electron chi connectivity index (χ3n) is 6.55. The molecule has 4 aliphatic rings. The number of benzene rings is 1. The Labute approximate surface area is 163 Å². The second kappa shape index (κ2) is 6.66. The largest absolute Gasteiger partial charge is 0.368 e. The van der Waals surface area contributed by atoms with Gasteiger partial charge in [0.1, 0.15) is 0 Å². The van der Waals surface area contributed by atoms with Crippen LogP contribution in [0.25, 0.3) is 0 Å². The minimum Gasteiger partial charge on any atom is -0.368 e. The van der Waals surface area contributed by atoms with Gasteiger partial charge >= 0.3 is 0 Å². The number of carbonyl (C=O) groups is 2. The van der Waals surface area contributed by atoms with Crippen molar-refractivity contribution < 1.29 is 9.59 Å². The minimum absolute atomic E-state index is 0.00385. The van der Waals surface area contributed by atoms with Crippen molar-refractivity contribution in [3.8, 4) is 0 Å². The second-order valence-electron chi connectivity index (χ2n) is 8.99. The molecule has 2 amide bonds. The molecule has 140 valence electrons. The van der Waals surface area contributed by atoms with E-state index in [1.165, 1.54) is 32.1 Å². The summed E-state index contributed by atoms with van der Waals surface area (Å²) in [5.74, 6) is 1.13. The summed E-state index contributed by atoms with van der Waals surface area (Å²) in [6, 6.07) is 9.83. The third-order valence-corrected chi connectivity index (χ3v) is 7.48. The van der Waals surface area contributed by atoms with E-state index in [1.807, 2.05) is 30.3 Å². The molecule has 0 radical (unpaired) electrons. The first-order chi connectivity index (χ1) is 12.3. The Hall–Kier alpha value is -1.36. The van der Waals surface area contributed by atoms with Gasteiger partial charge in [-0.25, -0.2) is 0 Å². The van der Waals surface area contributed by atoms with E-state index in [2.05, 4.69) is 15.9 Å². The highest BCUT2D eigenvalue weighted by Gasteiger charge is 2.57. The zero-order valence-electron chi connectivity index (χ0n) is 15.1. The summed E-state index contributed by atoms with van der Waals surface area (Å²) < 4.78 is 0.241. The lowest BCUT2D eigenvalue weighted by molar-refractivity contribution is -0.141. The number of carbonyl (C=O) groups excluding carboxylic acids is 2. The Morgan fingerprint density at radius 1 is 1.12 bits per heavy atom. The van der Waals surface area contributed by atoms with Crippen LogP contribution >= 0.6 is 15.9 Å². The first-order valence-electron chi connectivity index (χ1n) is 9.64. The average Bonchev–Trinajstić information content (AvgIpc) is 2.52. The predicted octanol–water partition coefficient (Wildman–Crippen LogP) is 3.62. The Morgan fingerprint density at radius 3 is 2.35 bits per heavy atom. The first-order valence-corrected chi connectivity index (χ1v) is 10.4. The summed E-state index contributed by atoms with van der Waals surface area (Å²) in [5, 5.41) is 0. The van der Waals surface area contributed by atoms with Crippen LogP contribution < -0.4 is 5.73 Å². The summed E-state index contributed by atoms with van der Waals surface area (Å²) in [6.07, 6.45) is 7.82. The van der Waals surface area contributed by atoms with Gasteiger partial charge in [0.2, 0.25) is 11.8 Å². The average molecular weight is 419 g/mol. The standard InChI is InChI=1S/C21H27BrN2O2/c22-21-9-16-6-17(10-21)8-20(7-16,14-21)11-19(26)24(13-18(23)25)12-15-4-2-1-3-5-15/h1-5,16-17H,6-14H2,(H2,23,25). The summed E-state index contributed by atoms with van der Waals surface area (Å²) in [5.41, 5.74) is 6.57. The molecule has 1 aromatic rings. The molecule has 4 aliphatic carbocycles. The molecule has 2 unspecified atom stereocenters. The van der Waals surface area contributed by atoms with Crippen molar-refractivity contribution in [2.45, 2.75) is 55.8 Å². The molecule has 0 spiro atoms. The van der Waals surface area contributed by atoms with Gasteiger partial charge in [0.05, 0.1) is 6.54 Å². The lowest BCUT2D eigenvalue weighted by Gasteiger charge is -2.60. The van der Waals surface area contributed by atoms with Crippen LogP contribution in [0, 0.1) is 17.3 Å². The molecular formula is C21H27BrN2O2. The molecule has 5 rings (SSSR count). The molecule has 2 atom stereocenters. The van der Waals surface area contributed by atoms with Crippen molar-refractivity contribution >= 4 is 27.7 Å². The molecule has 0 saturated heterocycles. The van der Waals surface area contributed by atoms with Crippen molar-refractivity contribution in [1.29, 1.82) is 0 Å². The normalized spacial score (nSPS) is 34.7. The van der Waals surface area contributed by atoms with Crippen molar-refractivity contribution in [2.24, 2.45) is 23.0 Å². The molecule has 0 aromatic heterocycles. The number of alkyl halides is 1. The maximum Gasteiger partial charge on any atom is 0.237 e. The zero-order valence-corrected chi connectivity index (χ0v) is 16.7. The van der Waals surface area contributed by atoms with Gasteiger partial charge in [-0.3, -0.25) is 9.59 Å². The lowest BCUT2D eigenvalue weighted by Crippen LogP contribution is -2.54. The molecule has 4 nitrogen and oxygen atoms in total. The minimum atomic E-state index is -0.447. The van der Waals surface area contributed by atoms with Crippen molar-refractivity contribution in [2.75, 3.05) is 6.54 Å². The predicted molar refractivity (Wildman–Crippen MR) is 104 cm³/mol. The van der Waals surface area contributed by atoms with Crippen LogP contribution in [0.15, 0.2) is 30.3 Å². The zero-order chi connectivity index (χ0) is 18.4. The van der Waals surface area contributed by atoms with Crippen LogP contribution in [-0.2, 0) is 16.1 Å². The summed E-state index contributed by atoms with van der Waals surface area (Å²) in [6.45, 7) is 0.446. The number of primary amides is 1. The monoisotopic (exact) mass is 418 g/mol. The number of nitrogens with two attached hydrogens (primary N) is 1. The fourth-order valence-electron chi connectivity index (χ4n) is 6.20. The Balaban J connectivity index is 1.50. The van der Waals surface area contributed by atoms with Crippen molar-refractivity contribution in [1.82, 2.24) is 4.90 Å². The number of nitrogens with zero attached hydrogens (tertiary/aromatic N) is 1. The van der Waals surface area contributed by atoms with Crippen LogP contribution in [0.1, 0.15) is 50.5 Å². The van der Waals surface area contributed by atoms with E-state index in [1.54, 1.807) is 4.90 Å². The molecule has 0 aliphatic heterocycles. The maximum atomic E-state index is 13.2. The Kier molecular flexibility index (Phi) is 4.62. The lowest BCUT2D eigenvalue weighted by atomic mass is 9.48. The maximum absolute atomic E-state index is 13.2. The van der Waals surface area contributed by atoms with Crippen LogP contribution in [0.3, 0.4) is 0 Å². The van der Waals surface area contributed by atoms with Gasteiger partial charge in [-0.1, -0.05) is 46.3 Å². The van der Waals surface area contributed by atoms with Gasteiger partial charge in [-0.05, 0) is 61.3 Å². The molecule has 2 N–H and O–H groups in total. The number of halogens is 1. The quantitative estimate of drug-likeness (QED) is 0.716. The third kappa shape index (κ3) is 3.68. The van der Waals surface area contributed by atoms with Gasteiger partial charge < -0.3 is 10.6 Å². The van der Waals surface area contributed by atoms with E-state index in [0.29, 0.717) is 13.0 Å². The number of rotatable bonds is 6. The van der Waals surface area contributed by atoms with Crippen LogP contribution in [-0.4, -0.2) is 27.6 Å². The molecule has 5 heteroatoms. The fraction of sp³-hybridized carbons (Fsp3) is 0.619. The van der Waals surface area contributed by atoms with Crippen molar-refractivity contribution in [3.63, 3.8) is 0 Å². The molecule has 1 aromatic carbocycles. The van der Waals surface area contributed by atoms with Crippen molar-refractivity contribution in [3.05, 3.63) is 35.9 Å². The SMILES string of the molecule is NC(=O)CN(Cc1ccccc1)C(=O)CC12CC3CC(CC(Br)(C3)C1)C2. The van der Waals surface area contributed by atoms with Crippen LogP contribution in [0.4, 0.5) is 0 Å². The van der Waals surface area contributed by atoms with E-state index in [9.17, 15) is 9.59 Å². The summed E-state index contributed by atoms with van der Waals surface area (Å²) >= 11 is 4.01. The number of hydrogen-bond donors (Lipinski definition) is 1. The molecular weight excluding hydrogens is 392 g/mol. The van der Waals surface area contributed by atoms with Gasteiger partial charge in [0.25, 0.3) is 0 Å². The number of hydrogen-bond acceptors (Lipinski definition) is 2.